The number of nitrogens with zero attached hydrogens (tertiary/aromatic N) is 3. The maximum Gasteiger partial charge on any atom is 0.252 e. The standard InChI is InChI=1S/C10H15N5O2S2/c1-8-9(18-10(11)14-8)19(16,17)13-5-3-7-15-6-2-4-12-15/h2,4,6,13H,3,5,7H2,1H3,(H2,11,14). The average Bonchev–Trinajstić information content (AvgIpc) is 2.94. The number of nitrogen functional groups attached to an aromatic ring is 1. The number of rotatable bonds is 6. The second-order valence-corrected chi connectivity index (χ2v) is 6.94. The number of nitrogens with one attached hydrogen (secondary N) is 1. The fourth-order valence-electron chi connectivity index (χ4n) is 1.60. The maximum atomic E-state index is 12.0. The summed E-state index contributed by atoms with van der Waals surface area (Å²) in [5.74, 6) is 0. The predicted octanol–water partition coefficient (Wildman–Crippen LogP) is 0.599. The molecule has 2 rings (SSSR count). The molecule has 0 aromatic carbocycles. The zero-order chi connectivity index (χ0) is 13.9. The highest BCUT2D eigenvalue weighted by Gasteiger charge is 2.20. The summed E-state index contributed by atoms with van der Waals surface area (Å²) < 4.78 is 28.5. The van der Waals surface area contributed by atoms with E-state index < -0.39 is 10.0 Å². The SMILES string of the molecule is Cc1nc(N)sc1S(=O)(=O)NCCCn1cccn1. The molecule has 19 heavy (non-hydrogen) atoms. The van der Waals surface area contributed by atoms with Gasteiger partial charge in [-0.3, -0.25) is 4.68 Å². The first-order valence-electron chi connectivity index (χ1n) is 5.69. The Bertz CT molecular complexity index is 633. The number of thiazole rings is 1. The molecule has 0 bridgehead atoms. The third-order valence-electron chi connectivity index (χ3n) is 2.43. The Morgan fingerprint density at radius 1 is 1.53 bits per heavy atom. The topological polar surface area (TPSA) is 103 Å². The number of hydrogen-bond donors (Lipinski definition) is 2. The van der Waals surface area contributed by atoms with Gasteiger partial charge in [-0.1, -0.05) is 11.3 Å². The summed E-state index contributed by atoms with van der Waals surface area (Å²) in [4.78, 5) is 3.91. The Hall–Kier alpha value is -1.45. The van der Waals surface area contributed by atoms with Crippen LogP contribution in [-0.2, 0) is 16.6 Å². The summed E-state index contributed by atoms with van der Waals surface area (Å²) in [6, 6.07) is 1.83. The van der Waals surface area contributed by atoms with Crippen molar-refractivity contribution in [1.82, 2.24) is 19.5 Å². The van der Waals surface area contributed by atoms with Gasteiger partial charge in [0.15, 0.2) is 9.34 Å². The van der Waals surface area contributed by atoms with Gasteiger partial charge in [-0.2, -0.15) is 5.10 Å². The molecule has 0 atom stereocenters. The van der Waals surface area contributed by atoms with E-state index in [4.69, 9.17) is 5.73 Å². The van der Waals surface area contributed by atoms with Crippen molar-refractivity contribution in [3.8, 4) is 0 Å². The molecule has 0 unspecified atom stereocenters. The van der Waals surface area contributed by atoms with Crippen molar-refractivity contribution >= 4 is 26.5 Å². The van der Waals surface area contributed by atoms with Crippen LogP contribution >= 0.6 is 11.3 Å². The molecule has 7 nitrogen and oxygen atoms in total. The van der Waals surface area contributed by atoms with Crippen molar-refractivity contribution in [2.24, 2.45) is 0 Å². The second kappa shape index (κ2) is 5.68. The van der Waals surface area contributed by atoms with Crippen molar-refractivity contribution in [3.63, 3.8) is 0 Å². The van der Waals surface area contributed by atoms with Crippen LogP contribution in [0.3, 0.4) is 0 Å². The maximum absolute atomic E-state index is 12.0. The molecule has 0 amide bonds. The number of anilines is 1. The summed E-state index contributed by atoms with van der Waals surface area (Å²) in [5, 5.41) is 4.30. The van der Waals surface area contributed by atoms with E-state index in [1.54, 1.807) is 17.8 Å². The summed E-state index contributed by atoms with van der Waals surface area (Å²) >= 11 is 0.976. The van der Waals surface area contributed by atoms with Crippen LogP contribution in [0.2, 0.25) is 0 Å². The van der Waals surface area contributed by atoms with E-state index in [-0.39, 0.29) is 9.34 Å². The number of sulfonamides is 1. The number of hydrogen-bond acceptors (Lipinski definition) is 6. The second-order valence-electron chi connectivity index (χ2n) is 3.95. The largest absolute Gasteiger partial charge is 0.375 e. The molecule has 104 valence electrons. The number of aromatic nitrogens is 3. The first kappa shape index (κ1) is 14.0. The molecule has 0 radical (unpaired) electrons. The van der Waals surface area contributed by atoms with E-state index in [1.807, 2.05) is 12.3 Å². The lowest BCUT2D eigenvalue weighted by Gasteiger charge is -2.05. The van der Waals surface area contributed by atoms with Crippen molar-refractivity contribution in [2.45, 2.75) is 24.1 Å². The Morgan fingerprint density at radius 2 is 2.32 bits per heavy atom. The van der Waals surface area contributed by atoms with E-state index in [2.05, 4.69) is 14.8 Å². The van der Waals surface area contributed by atoms with Gasteiger partial charge in [-0.05, 0) is 19.4 Å². The molecule has 0 aliphatic carbocycles. The average molecular weight is 301 g/mol. The molecule has 0 fully saturated rings. The third kappa shape index (κ3) is 3.52. The molecule has 0 saturated heterocycles. The highest BCUT2D eigenvalue weighted by Crippen LogP contribution is 2.24. The van der Waals surface area contributed by atoms with Crippen LogP contribution in [0.5, 0.6) is 0 Å². The predicted molar refractivity (Wildman–Crippen MR) is 73.3 cm³/mol. The van der Waals surface area contributed by atoms with Crippen LogP contribution in [-0.4, -0.2) is 29.7 Å². The van der Waals surface area contributed by atoms with Gasteiger partial charge in [0.05, 0.1) is 5.69 Å². The van der Waals surface area contributed by atoms with E-state index in [9.17, 15) is 8.42 Å². The van der Waals surface area contributed by atoms with Gasteiger partial charge in [0, 0.05) is 25.5 Å². The van der Waals surface area contributed by atoms with Crippen molar-refractivity contribution in [2.75, 3.05) is 12.3 Å². The molecule has 2 aromatic rings. The molecule has 0 aliphatic heterocycles. The van der Waals surface area contributed by atoms with Crippen LogP contribution in [0.1, 0.15) is 12.1 Å². The van der Waals surface area contributed by atoms with Gasteiger partial charge in [-0.15, -0.1) is 0 Å². The smallest absolute Gasteiger partial charge is 0.252 e. The van der Waals surface area contributed by atoms with E-state index >= 15 is 0 Å². The monoisotopic (exact) mass is 301 g/mol. The minimum absolute atomic E-state index is 0.184. The highest BCUT2D eigenvalue weighted by atomic mass is 32.2. The molecule has 2 aromatic heterocycles. The first-order chi connectivity index (χ1) is 8.99. The van der Waals surface area contributed by atoms with Gasteiger partial charge in [0.1, 0.15) is 0 Å². The minimum atomic E-state index is -3.51. The number of nitrogens with two attached hydrogens (primary N) is 1. The normalized spacial score (nSPS) is 11.8. The highest BCUT2D eigenvalue weighted by molar-refractivity contribution is 7.91. The van der Waals surface area contributed by atoms with Crippen LogP contribution < -0.4 is 10.5 Å². The van der Waals surface area contributed by atoms with E-state index in [1.165, 1.54) is 0 Å². The van der Waals surface area contributed by atoms with Crippen LogP contribution in [0.25, 0.3) is 0 Å². The summed E-state index contributed by atoms with van der Waals surface area (Å²) in [6.45, 7) is 2.64. The quantitative estimate of drug-likeness (QED) is 0.760. The summed E-state index contributed by atoms with van der Waals surface area (Å²) in [6.07, 6.45) is 4.18. The number of aryl methyl sites for hydroxylation is 2. The lowest BCUT2D eigenvalue weighted by Crippen LogP contribution is -2.25. The Morgan fingerprint density at radius 3 is 2.89 bits per heavy atom. The van der Waals surface area contributed by atoms with Crippen LogP contribution in [0.4, 0.5) is 5.13 Å². The zero-order valence-electron chi connectivity index (χ0n) is 10.4. The van der Waals surface area contributed by atoms with Gasteiger partial charge in [-0.25, -0.2) is 18.1 Å². The van der Waals surface area contributed by atoms with Gasteiger partial charge in [0.25, 0.3) is 10.0 Å². The lowest BCUT2D eigenvalue weighted by atomic mass is 10.4. The van der Waals surface area contributed by atoms with Gasteiger partial charge >= 0.3 is 0 Å². The Kier molecular flexibility index (Phi) is 4.17. The fraction of sp³-hybridized carbons (Fsp3) is 0.400. The summed E-state index contributed by atoms with van der Waals surface area (Å²) in [5.41, 5.74) is 5.93. The van der Waals surface area contributed by atoms with Gasteiger partial charge < -0.3 is 5.73 Å². The van der Waals surface area contributed by atoms with Crippen LogP contribution in [0, 0.1) is 6.92 Å². The Balaban J connectivity index is 1.89. The first-order valence-corrected chi connectivity index (χ1v) is 7.99. The molecule has 9 heteroatoms. The molecule has 2 heterocycles. The molecule has 0 spiro atoms. The molecular formula is C10H15N5O2S2. The lowest BCUT2D eigenvalue weighted by molar-refractivity contribution is 0.553. The summed E-state index contributed by atoms with van der Waals surface area (Å²) in [7, 11) is -3.51. The van der Waals surface area contributed by atoms with E-state index in [0.29, 0.717) is 25.2 Å². The molecular weight excluding hydrogens is 286 g/mol. The molecule has 0 aliphatic rings. The minimum Gasteiger partial charge on any atom is -0.375 e. The van der Waals surface area contributed by atoms with E-state index in [0.717, 1.165) is 11.3 Å². The van der Waals surface area contributed by atoms with Crippen molar-refractivity contribution in [1.29, 1.82) is 0 Å². The van der Waals surface area contributed by atoms with Gasteiger partial charge in [0.2, 0.25) is 0 Å². The third-order valence-corrected chi connectivity index (χ3v) is 5.49. The van der Waals surface area contributed by atoms with Crippen molar-refractivity contribution < 1.29 is 8.42 Å². The molecule has 3 N–H and O–H groups in total. The fourth-order valence-corrected chi connectivity index (χ4v) is 4.01. The van der Waals surface area contributed by atoms with Crippen molar-refractivity contribution in [3.05, 3.63) is 24.2 Å². The van der Waals surface area contributed by atoms with Crippen LogP contribution in [0.15, 0.2) is 22.7 Å². The Labute approximate surface area is 115 Å². The molecule has 0 saturated carbocycles. The zero-order valence-corrected chi connectivity index (χ0v) is 12.0.